The van der Waals surface area contributed by atoms with Crippen LogP contribution in [0.25, 0.3) is 11.8 Å². The minimum Gasteiger partial charge on any atom is -0.458 e. The van der Waals surface area contributed by atoms with E-state index in [1.807, 2.05) is 36.5 Å². The minimum absolute atomic E-state index is 0.0612. The number of nitrogens with zero attached hydrogens (tertiary/aromatic N) is 2. The fourth-order valence-corrected chi connectivity index (χ4v) is 4.09. The van der Waals surface area contributed by atoms with Crippen LogP contribution in [0.1, 0.15) is 24.0 Å². The Morgan fingerprint density at radius 2 is 1.87 bits per heavy atom. The highest BCUT2D eigenvalue weighted by Crippen LogP contribution is 2.22. The van der Waals surface area contributed by atoms with Gasteiger partial charge in [0.05, 0.1) is 10.6 Å². The van der Waals surface area contributed by atoms with E-state index in [1.54, 1.807) is 29.1 Å². The molecular weight excluding hydrogens is 402 g/mol. The number of hydrogen-bond acceptors (Lipinski definition) is 5. The van der Waals surface area contributed by atoms with Gasteiger partial charge in [0.1, 0.15) is 6.61 Å². The van der Waals surface area contributed by atoms with Gasteiger partial charge in [0.15, 0.2) is 0 Å². The van der Waals surface area contributed by atoms with Crippen molar-refractivity contribution in [1.82, 2.24) is 14.5 Å². The molecule has 0 spiro atoms. The van der Waals surface area contributed by atoms with Crippen LogP contribution in [0.4, 0.5) is 0 Å². The summed E-state index contributed by atoms with van der Waals surface area (Å²) in [6.45, 7) is 0.159. The maximum absolute atomic E-state index is 12.2. The molecular formula is C22H21N3O4S. The molecule has 2 aromatic carbocycles. The topological polar surface area (TPSA) is 90.3 Å². The lowest BCUT2D eigenvalue weighted by Gasteiger charge is -2.06. The summed E-state index contributed by atoms with van der Waals surface area (Å²) >= 11 is 0. The number of rotatable bonds is 8. The summed E-state index contributed by atoms with van der Waals surface area (Å²) in [6.07, 6.45) is 8.25. The molecule has 0 aliphatic heterocycles. The second kappa shape index (κ2) is 8.64. The fraction of sp³-hybridized carbons (Fsp3) is 0.182. The molecule has 1 aromatic heterocycles. The molecule has 0 bridgehead atoms. The molecule has 1 aliphatic rings. The first-order valence-electron chi connectivity index (χ1n) is 9.56. The van der Waals surface area contributed by atoms with Crippen molar-refractivity contribution in [2.24, 2.45) is 0 Å². The fourth-order valence-electron chi connectivity index (χ4n) is 2.78. The number of carbonyl (C=O) groups is 1. The van der Waals surface area contributed by atoms with Crippen LogP contribution in [0.3, 0.4) is 0 Å². The molecule has 0 radical (unpaired) electrons. The second-order valence-electron chi connectivity index (χ2n) is 7.02. The minimum atomic E-state index is -3.47. The van der Waals surface area contributed by atoms with Crippen LogP contribution in [0.15, 0.2) is 78.0 Å². The smallest absolute Gasteiger partial charge is 0.331 e. The van der Waals surface area contributed by atoms with Gasteiger partial charge >= 0.3 is 5.97 Å². The first-order chi connectivity index (χ1) is 14.5. The van der Waals surface area contributed by atoms with Gasteiger partial charge in [-0.3, -0.25) is 0 Å². The molecule has 1 N–H and O–H groups in total. The Morgan fingerprint density at radius 1 is 1.13 bits per heavy atom. The Morgan fingerprint density at radius 3 is 2.50 bits per heavy atom. The van der Waals surface area contributed by atoms with E-state index in [1.165, 1.54) is 18.2 Å². The molecule has 154 valence electrons. The third-order valence-corrected chi connectivity index (χ3v) is 6.12. The molecule has 0 saturated heterocycles. The number of benzene rings is 2. The van der Waals surface area contributed by atoms with E-state index in [0.717, 1.165) is 24.1 Å². The zero-order valence-corrected chi connectivity index (χ0v) is 17.0. The molecule has 0 unspecified atom stereocenters. The molecule has 0 atom stereocenters. The summed E-state index contributed by atoms with van der Waals surface area (Å²) in [5.74, 6) is -0.474. The van der Waals surface area contributed by atoms with E-state index >= 15 is 0 Å². The SMILES string of the molecule is O=C(C=Cc1ccc(S(=O)(=O)NC2CC2)cc1)OCc1ccc(-n2cccn2)cc1. The van der Waals surface area contributed by atoms with Gasteiger partial charge in [-0.2, -0.15) is 5.10 Å². The van der Waals surface area contributed by atoms with E-state index in [4.69, 9.17) is 4.74 Å². The predicted octanol–water partition coefficient (Wildman–Crippen LogP) is 3.07. The lowest BCUT2D eigenvalue weighted by Crippen LogP contribution is -2.25. The summed E-state index contributed by atoms with van der Waals surface area (Å²) in [5, 5.41) is 4.16. The van der Waals surface area contributed by atoms with Crippen LogP contribution in [-0.2, 0) is 26.2 Å². The predicted molar refractivity (Wildman–Crippen MR) is 112 cm³/mol. The number of carbonyl (C=O) groups excluding carboxylic acids is 1. The Hall–Kier alpha value is -3.23. The summed E-state index contributed by atoms with van der Waals surface area (Å²) in [5.41, 5.74) is 2.50. The van der Waals surface area contributed by atoms with Gasteiger partial charge in [-0.05, 0) is 60.4 Å². The first kappa shape index (κ1) is 20.1. The van der Waals surface area contributed by atoms with Gasteiger partial charge in [-0.1, -0.05) is 24.3 Å². The molecule has 3 aromatic rings. The Kier molecular flexibility index (Phi) is 5.78. The highest BCUT2D eigenvalue weighted by atomic mass is 32.2. The lowest BCUT2D eigenvalue weighted by atomic mass is 10.2. The van der Waals surface area contributed by atoms with Crippen LogP contribution in [-0.4, -0.2) is 30.2 Å². The van der Waals surface area contributed by atoms with Crippen molar-refractivity contribution in [2.45, 2.75) is 30.4 Å². The zero-order valence-electron chi connectivity index (χ0n) is 16.1. The number of hydrogen-bond donors (Lipinski definition) is 1. The van der Waals surface area contributed by atoms with E-state index < -0.39 is 16.0 Å². The van der Waals surface area contributed by atoms with Crippen molar-refractivity contribution in [3.05, 3.63) is 84.2 Å². The van der Waals surface area contributed by atoms with Crippen LogP contribution in [0.2, 0.25) is 0 Å². The first-order valence-corrected chi connectivity index (χ1v) is 11.0. The highest BCUT2D eigenvalue weighted by Gasteiger charge is 2.27. The van der Waals surface area contributed by atoms with Crippen LogP contribution < -0.4 is 4.72 Å². The Balaban J connectivity index is 1.29. The van der Waals surface area contributed by atoms with E-state index in [0.29, 0.717) is 5.56 Å². The van der Waals surface area contributed by atoms with Crippen molar-refractivity contribution in [2.75, 3.05) is 0 Å². The molecule has 4 rings (SSSR count). The Labute approximate surface area is 175 Å². The van der Waals surface area contributed by atoms with Crippen molar-refractivity contribution < 1.29 is 17.9 Å². The number of ether oxygens (including phenoxy) is 1. The molecule has 8 heteroatoms. The second-order valence-corrected chi connectivity index (χ2v) is 8.74. The van der Waals surface area contributed by atoms with E-state index in [9.17, 15) is 13.2 Å². The van der Waals surface area contributed by atoms with Gasteiger partial charge in [0.25, 0.3) is 0 Å². The van der Waals surface area contributed by atoms with E-state index in [-0.39, 0.29) is 17.5 Å². The van der Waals surface area contributed by atoms with Gasteiger partial charge in [0, 0.05) is 24.5 Å². The maximum atomic E-state index is 12.2. The monoisotopic (exact) mass is 423 g/mol. The number of aromatic nitrogens is 2. The van der Waals surface area contributed by atoms with E-state index in [2.05, 4.69) is 9.82 Å². The quantitative estimate of drug-likeness (QED) is 0.444. The van der Waals surface area contributed by atoms with Gasteiger partial charge in [-0.25, -0.2) is 22.6 Å². The summed E-state index contributed by atoms with van der Waals surface area (Å²) in [6, 6.07) is 15.8. The lowest BCUT2D eigenvalue weighted by molar-refractivity contribution is -0.138. The van der Waals surface area contributed by atoms with Crippen LogP contribution >= 0.6 is 0 Å². The molecule has 1 fully saturated rings. The van der Waals surface area contributed by atoms with Crippen LogP contribution in [0.5, 0.6) is 0 Å². The number of nitrogens with one attached hydrogen (secondary N) is 1. The Bertz CT molecular complexity index is 1130. The van der Waals surface area contributed by atoms with Crippen molar-refractivity contribution >= 4 is 22.1 Å². The average Bonchev–Trinajstić information content (AvgIpc) is 3.38. The summed E-state index contributed by atoms with van der Waals surface area (Å²) < 4.78 is 34.0. The summed E-state index contributed by atoms with van der Waals surface area (Å²) in [4.78, 5) is 12.2. The normalized spacial score (nSPS) is 14.1. The molecule has 30 heavy (non-hydrogen) atoms. The number of sulfonamides is 1. The molecule has 1 heterocycles. The third-order valence-electron chi connectivity index (χ3n) is 4.59. The van der Waals surface area contributed by atoms with Crippen LogP contribution in [0, 0.1) is 0 Å². The zero-order chi connectivity index (χ0) is 21.0. The third kappa shape index (κ3) is 5.22. The van der Waals surface area contributed by atoms with Gasteiger partial charge in [0.2, 0.25) is 10.0 Å². The van der Waals surface area contributed by atoms with Gasteiger partial charge in [-0.15, -0.1) is 0 Å². The number of esters is 1. The summed E-state index contributed by atoms with van der Waals surface area (Å²) in [7, 11) is -3.47. The van der Waals surface area contributed by atoms with Crippen molar-refractivity contribution in [3.63, 3.8) is 0 Å². The molecule has 1 saturated carbocycles. The molecule has 1 aliphatic carbocycles. The highest BCUT2D eigenvalue weighted by molar-refractivity contribution is 7.89. The van der Waals surface area contributed by atoms with Crippen molar-refractivity contribution in [1.29, 1.82) is 0 Å². The largest absolute Gasteiger partial charge is 0.458 e. The standard InChI is InChI=1S/C22H21N3O4S/c26-22(29-16-18-2-9-20(10-3-18)25-15-1-14-23-25)13-6-17-4-11-21(12-5-17)30(27,28)24-19-7-8-19/h1-6,9-15,19,24H,7-8,16H2. The average molecular weight is 423 g/mol. The van der Waals surface area contributed by atoms with Gasteiger partial charge < -0.3 is 4.74 Å². The maximum Gasteiger partial charge on any atom is 0.331 e. The molecule has 0 amide bonds. The van der Waals surface area contributed by atoms with Crippen molar-refractivity contribution in [3.8, 4) is 5.69 Å². The molecule has 7 nitrogen and oxygen atoms in total.